The van der Waals surface area contributed by atoms with Crippen molar-refractivity contribution in [2.24, 2.45) is 0 Å². The summed E-state index contributed by atoms with van der Waals surface area (Å²) >= 11 is 0. The minimum absolute atomic E-state index is 0.0228. The van der Waals surface area contributed by atoms with E-state index in [9.17, 15) is 9.59 Å². The summed E-state index contributed by atoms with van der Waals surface area (Å²) in [6.45, 7) is 2.87. The van der Waals surface area contributed by atoms with Crippen molar-refractivity contribution in [2.45, 2.75) is 32.1 Å². The predicted octanol–water partition coefficient (Wildman–Crippen LogP) is 3.58. The third kappa shape index (κ3) is 6.03. The van der Waals surface area contributed by atoms with Gasteiger partial charge >= 0.3 is 0 Å². The van der Waals surface area contributed by atoms with Gasteiger partial charge in [0.1, 0.15) is 0 Å². The number of amides is 2. The lowest BCUT2D eigenvalue weighted by atomic mass is 9.88. The summed E-state index contributed by atoms with van der Waals surface area (Å²) < 4.78 is 0. The zero-order valence-electron chi connectivity index (χ0n) is 15.7. The van der Waals surface area contributed by atoms with Gasteiger partial charge in [-0.3, -0.25) is 9.59 Å². The highest BCUT2D eigenvalue weighted by molar-refractivity contribution is 5.85. The second kappa shape index (κ2) is 10.4. The molecule has 2 aromatic carbocycles. The Labute approximate surface area is 156 Å². The Morgan fingerprint density at radius 2 is 1.50 bits per heavy atom. The molecule has 0 atom stereocenters. The quantitative estimate of drug-likeness (QED) is 0.750. The summed E-state index contributed by atoms with van der Waals surface area (Å²) in [5.74, 6) is -0.187. The Hall–Kier alpha value is -2.62. The Morgan fingerprint density at radius 3 is 2.00 bits per heavy atom. The molecule has 0 bridgehead atoms. The topological polar surface area (TPSA) is 49.4 Å². The van der Waals surface area contributed by atoms with E-state index >= 15 is 0 Å². The first-order valence-corrected chi connectivity index (χ1v) is 9.22. The monoisotopic (exact) mass is 352 g/mol. The van der Waals surface area contributed by atoms with Crippen molar-refractivity contribution >= 4 is 11.8 Å². The molecule has 0 radical (unpaired) electrons. The number of likely N-dealkylation sites (N-methyl/N-ethyl adjacent to an activating group) is 1. The summed E-state index contributed by atoms with van der Waals surface area (Å²) in [4.78, 5) is 26.2. The van der Waals surface area contributed by atoms with Crippen molar-refractivity contribution in [1.29, 1.82) is 0 Å². The molecule has 0 aliphatic carbocycles. The summed E-state index contributed by atoms with van der Waals surface area (Å²) in [6, 6.07) is 20.0. The van der Waals surface area contributed by atoms with Gasteiger partial charge in [-0.05, 0) is 17.5 Å². The second-order valence-corrected chi connectivity index (χ2v) is 6.52. The molecule has 0 saturated heterocycles. The van der Waals surface area contributed by atoms with Crippen LogP contribution in [0.5, 0.6) is 0 Å². The number of rotatable bonds is 9. The zero-order valence-corrected chi connectivity index (χ0v) is 15.7. The number of benzene rings is 2. The standard InChI is InChI=1S/C22H28N2O2/c1-3-4-15-24(2)22(26)17-23-21(25)16-20(18-11-7-5-8-12-18)19-13-9-6-10-14-19/h5-14,20H,3-4,15-17H2,1-2H3,(H,23,25). The van der Waals surface area contributed by atoms with Gasteiger partial charge in [0.15, 0.2) is 0 Å². The maximum Gasteiger partial charge on any atom is 0.241 e. The summed E-state index contributed by atoms with van der Waals surface area (Å²) in [6.07, 6.45) is 2.33. The molecule has 0 aliphatic rings. The van der Waals surface area contributed by atoms with Crippen LogP contribution in [-0.4, -0.2) is 36.9 Å². The van der Waals surface area contributed by atoms with Crippen LogP contribution in [0.2, 0.25) is 0 Å². The number of nitrogens with zero attached hydrogens (tertiary/aromatic N) is 1. The number of hydrogen-bond donors (Lipinski definition) is 1. The van der Waals surface area contributed by atoms with Crippen molar-refractivity contribution < 1.29 is 9.59 Å². The van der Waals surface area contributed by atoms with Crippen molar-refractivity contribution in [3.05, 3.63) is 71.8 Å². The van der Waals surface area contributed by atoms with E-state index in [4.69, 9.17) is 0 Å². The molecule has 0 fully saturated rings. The molecule has 1 N–H and O–H groups in total. The number of carbonyl (C=O) groups excluding carboxylic acids is 2. The van der Waals surface area contributed by atoms with Crippen LogP contribution in [0.25, 0.3) is 0 Å². The summed E-state index contributed by atoms with van der Waals surface area (Å²) in [5.41, 5.74) is 2.19. The largest absolute Gasteiger partial charge is 0.347 e. The third-order valence-corrected chi connectivity index (χ3v) is 4.50. The molecule has 0 saturated carbocycles. The van der Waals surface area contributed by atoms with Gasteiger partial charge in [-0.2, -0.15) is 0 Å². The molecule has 2 amide bonds. The molecule has 0 heterocycles. The van der Waals surface area contributed by atoms with Gasteiger partial charge in [0.05, 0.1) is 6.54 Å². The normalized spacial score (nSPS) is 10.6. The highest BCUT2D eigenvalue weighted by atomic mass is 16.2. The van der Waals surface area contributed by atoms with Gasteiger partial charge < -0.3 is 10.2 Å². The molecule has 0 aliphatic heterocycles. The maximum absolute atomic E-state index is 12.5. The van der Waals surface area contributed by atoms with Crippen molar-refractivity contribution in [3.63, 3.8) is 0 Å². The highest BCUT2D eigenvalue weighted by Gasteiger charge is 2.19. The molecular formula is C22H28N2O2. The minimum atomic E-state index is -0.111. The van der Waals surface area contributed by atoms with E-state index in [-0.39, 0.29) is 24.3 Å². The predicted molar refractivity (Wildman–Crippen MR) is 105 cm³/mol. The van der Waals surface area contributed by atoms with Crippen LogP contribution >= 0.6 is 0 Å². The van der Waals surface area contributed by atoms with E-state index in [1.807, 2.05) is 60.7 Å². The molecule has 0 unspecified atom stereocenters. The van der Waals surface area contributed by atoms with E-state index < -0.39 is 0 Å². The van der Waals surface area contributed by atoms with Gasteiger partial charge in [-0.15, -0.1) is 0 Å². The molecule has 2 aromatic rings. The van der Waals surface area contributed by atoms with E-state index in [1.165, 1.54) is 0 Å². The van der Waals surface area contributed by atoms with Crippen LogP contribution in [0.4, 0.5) is 0 Å². The fourth-order valence-electron chi connectivity index (χ4n) is 2.89. The van der Waals surface area contributed by atoms with E-state index in [0.29, 0.717) is 6.42 Å². The Kier molecular flexibility index (Phi) is 7.87. The van der Waals surface area contributed by atoms with Gasteiger partial charge in [0, 0.05) is 25.9 Å². The summed E-state index contributed by atoms with van der Waals surface area (Å²) in [5, 5.41) is 2.78. The van der Waals surface area contributed by atoms with Crippen LogP contribution in [0, 0.1) is 0 Å². The SMILES string of the molecule is CCCCN(C)C(=O)CNC(=O)CC(c1ccccc1)c1ccccc1. The maximum atomic E-state index is 12.5. The first-order valence-electron chi connectivity index (χ1n) is 9.22. The fraction of sp³-hybridized carbons (Fsp3) is 0.364. The lowest BCUT2D eigenvalue weighted by molar-refractivity contribution is -0.131. The minimum Gasteiger partial charge on any atom is -0.347 e. The van der Waals surface area contributed by atoms with Gasteiger partial charge in [0.2, 0.25) is 11.8 Å². The molecule has 0 spiro atoms. The zero-order chi connectivity index (χ0) is 18.8. The number of hydrogen-bond acceptors (Lipinski definition) is 2. The lowest BCUT2D eigenvalue weighted by Gasteiger charge is -2.19. The Bertz CT molecular complexity index is 646. The number of nitrogens with one attached hydrogen (secondary N) is 1. The second-order valence-electron chi connectivity index (χ2n) is 6.52. The molecule has 0 aromatic heterocycles. The van der Waals surface area contributed by atoms with Crippen LogP contribution in [0.15, 0.2) is 60.7 Å². The van der Waals surface area contributed by atoms with Crippen LogP contribution in [0.1, 0.15) is 43.2 Å². The van der Waals surface area contributed by atoms with Crippen molar-refractivity contribution in [3.8, 4) is 0 Å². The molecule has 4 nitrogen and oxygen atoms in total. The van der Waals surface area contributed by atoms with Crippen molar-refractivity contribution in [2.75, 3.05) is 20.1 Å². The van der Waals surface area contributed by atoms with E-state index in [2.05, 4.69) is 12.2 Å². The molecule has 138 valence electrons. The van der Waals surface area contributed by atoms with Crippen molar-refractivity contribution in [1.82, 2.24) is 10.2 Å². The fourth-order valence-corrected chi connectivity index (χ4v) is 2.89. The van der Waals surface area contributed by atoms with Crippen LogP contribution in [0.3, 0.4) is 0 Å². The molecular weight excluding hydrogens is 324 g/mol. The molecule has 2 rings (SSSR count). The highest BCUT2D eigenvalue weighted by Crippen LogP contribution is 2.27. The molecule has 4 heteroatoms. The average molecular weight is 352 g/mol. The summed E-state index contributed by atoms with van der Waals surface area (Å²) in [7, 11) is 1.78. The van der Waals surface area contributed by atoms with Gasteiger partial charge in [0.25, 0.3) is 0 Å². The Morgan fingerprint density at radius 1 is 0.962 bits per heavy atom. The van der Waals surface area contributed by atoms with Crippen LogP contribution in [-0.2, 0) is 9.59 Å². The average Bonchev–Trinajstić information content (AvgIpc) is 2.69. The van der Waals surface area contributed by atoms with Gasteiger partial charge in [-0.25, -0.2) is 0 Å². The van der Waals surface area contributed by atoms with E-state index in [0.717, 1.165) is 30.5 Å². The van der Waals surface area contributed by atoms with E-state index in [1.54, 1.807) is 11.9 Å². The smallest absolute Gasteiger partial charge is 0.241 e. The molecule has 26 heavy (non-hydrogen) atoms. The lowest BCUT2D eigenvalue weighted by Crippen LogP contribution is -2.38. The number of unbranched alkanes of at least 4 members (excludes halogenated alkanes) is 1. The van der Waals surface area contributed by atoms with Crippen LogP contribution < -0.4 is 5.32 Å². The first kappa shape index (κ1) is 19.7. The third-order valence-electron chi connectivity index (χ3n) is 4.50. The number of carbonyl (C=O) groups is 2. The van der Waals surface area contributed by atoms with Gasteiger partial charge in [-0.1, -0.05) is 74.0 Å². The first-order chi connectivity index (χ1) is 12.6. The Balaban J connectivity index is 1.98.